The predicted octanol–water partition coefficient (Wildman–Crippen LogP) is 0.227. The van der Waals surface area contributed by atoms with E-state index < -0.39 is 0 Å². The Morgan fingerprint density at radius 3 is 3.18 bits per heavy atom. The normalized spacial score (nSPS) is 9.18. The fourth-order valence-corrected chi connectivity index (χ4v) is 0.761. The summed E-state index contributed by atoms with van der Waals surface area (Å²) >= 11 is 0. The van der Waals surface area contributed by atoms with E-state index in [4.69, 9.17) is 4.74 Å². The summed E-state index contributed by atoms with van der Waals surface area (Å²) in [5, 5.41) is 0. The van der Waals surface area contributed by atoms with Crippen LogP contribution < -0.4 is 4.74 Å². The van der Waals surface area contributed by atoms with Crippen LogP contribution in [0.5, 0.6) is 5.88 Å². The van der Waals surface area contributed by atoms with E-state index in [0.717, 1.165) is 6.29 Å². The van der Waals surface area contributed by atoms with Gasteiger partial charge in [-0.2, -0.15) is 0 Å². The van der Waals surface area contributed by atoms with Crippen LogP contribution in [0.3, 0.4) is 0 Å². The number of aldehydes is 1. The van der Waals surface area contributed by atoms with Crippen molar-refractivity contribution in [1.82, 2.24) is 9.97 Å². The van der Waals surface area contributed by atoms with Gasteiger partial charge >= 0.3 is 0 Å². The van der Waals surface area contributed by atoms with Gasteiger partial charge in [0, 0.05) is 18.2 Å². The molecular weight excluding hydrogens is 144 g/mol. The topological polar surface area (TPSA) is 52.1 Å². The van der Waals surface area contributed by atoms with Gasteiger partial charge in [0.25, 0.3) is 0 Å². The Labute approximate surface area is 64.2 Å². The molecule has 11 heavy (non-hydrogen) atoms. The minimum Gasteiger partial charge on any atom is -0.481 e. The van der Waals surface area contributed by atoms with Crippen LogP contribution in [0.25, 0.3) is 0 Å². The summed E-state index contributed by atoms with van der Waals surface area (Å²) in [6.45, 7) is 0. The highest BCUT2D eigenvalue weighted by molar-refractivity contribution is 5.55. The highest BCUT2D eigenvalue weighted by atomic mass is 16.5. The lowest BCUT2D eigenvalue weighted by molar-refractivity contribution is -0.107. The van der Waals surface area contributed by atoms with Crippen LogP contribution in [0.1, 0.15) is 5.56 Å². The van der Waals surface area contributed by atoms with E-state index in [1.54, 1.807) is 6.20 Å². The van der Waals surface area contributed by atoms with E-state index >= 15 is 0 Å². The smallest absolute Gasteiger partial charge is 0.219 e. The zero-order valence-electron chi connectivity index (χ0n) is 6.15. The third-order valence-electron chi connectivity index (χ3n) is 1.24. The van der Waals surface area contributed by atoms with Gasteiger partial charge in [-0.15, -0.1) is 0 Å². The summed E-state index contributed by atoms with van der Waals surface area (Å²) in [4.78, 5) is 17.7. The number of carbonyl (C=O) groups is 1. The van der Waals surface area contributed by atoms with Gasteiger partial charge in [-0.25, -0.2) is 9.97 Å². The quantitative estimate of drug-likeness (QED) is 0.581. The first kappa shape index (κ1) is 7.65. The van der Waals surface area contributed by atoms with Gasteiger partial charge in [0.2, 0.25) is 5.88 Å². The van der Waals surface area contributed by atoms with Crippen LogP contribution in [0.4, 0.5) is 0 Å². The Kier molecular flexibility index (Phi) is 2.54. The molecule has 0 aliphatic carbocycles. The second-order valence-electron chi connectivity index (χ2n) is 1.93. The van der Waals surface area contributed by atoms with Gasteiger partial charge in [0.1, 0.15) is 12.6 Å². The van der Waals surface area contributed by atoms with Gasteiger partial charge in [-0.1, -0.05) is 0 Å². The summed E-state index contributed by atoms with van der Waals surface area (Å²) in [7, 11) is 1.51. The maximum absolute atomic E-state index is 10.1. The van der Waals surface area contributed by atoms with E-state index in [0.29, 0.717) is 17.9 Å². The molecule has 4 heteroatoms. The number of hydrogen-bond donors (Lipinski definition) is 0. The predicted molar refractivity (Wildman–Crippen MR) is 38.4 cm³/mol. The van der Waals surface area contributed by atoms with Crippen LogP contribution in [0.2, 0.25) is 0 Å². The second-order valence-corrected chi connectivity index (χ2v) is 1.93. The molecule has 0 bridgehead atoms. The Balaban J connectivity index is 2.92. The highest BCUT2D eigenvalue weighted by Crippen LogP contribution is 2.10. The molecule has 0 unspecified atom stereocenters. The molecule has 1 aromatic rings. The lowest BCUT2D eigenvalue weighted by Gasteiger charge is -2.01. The lowest BCUT2D eigenvalue weighted by atomic mass is 10.2. The molecule has 0 aliphatic heterocycles. The fourth-order valence-electron chi connectivity index (χ4n) is 0.761. The molecule has 0 spiro atoms. The number of carbonyl (C=O) groups excluding carboxylic acids is 1. The maximum Gasteiger partial charge on any atom is 0.219 e. The molecule has 0 radical (unpaired) electrons. The van der Waals surface area contributed by atoms with Gasteiger partial charge in [0.05, 0.1) is 7.11 Å². The maximum atomic E-state index is 10.1. The highest BCUT2D eigenvalue weighted by Gasteiger charge is 2.01. The minimum absolute atomic E-state index is 0.296. The third-order valence-corrected chi connectivity index (χ3v) is 1.24. The van der Waals surface area contributed by atoms with Crippen LogP contribution in [0, 0.1) is 0 Å². The second kappa shape index (κ2) is 3.65. The molecule has 0 amide bonds. The number of nitrogens with zero attached hydrogens (tertiary/aromatic N) is 2. The molecule has 1 rings (SSSR count). The van der Waals surface area contributed by atoms with Gasteiger partial charge < -0.3 is 9.53 Å². The van der Waals surface area contributed by atoms with E-state index in [-0.39, 0.29) is 0 Å². The molecule has 0 saturated heterocycles. The van der Waals surface area contributed by atoms with E-state index in [9.17, 15) is 4.79 Å². The number of rotatable bonds is 3. The summed E-state index contributed by atoms with van der Waals surface area (Å²) in [5.41, 5.74) is 0.713. The number of hydrogen-bond acceptors (Lipinski definition) is 4. The average molecular weight is 152 g/mol. The van der Waals surface area contributed by atoms with Crippen molar-refractivity contribution < 1.29 is 9.53 Å². The third kappa shape index (κ3) is 1.73. The molecule has 4 nitrogen and oxygen atoms in total. The van der Waals surface area contributed by atoms with Crippen molar-refractivity contribution in [2.24, 2.45) is 0 Å². The number of aromatic nitrogens is 2. The Morgan fingerprint density at radius 1 is 1.73 bits per heavy atom. The van der Waals surface area contributed by atoms with Gasteiger partial charge in [-0.3, -0.25) is 0 Å². The van der Waals surface area contributed by atoms with Crippen molar-refractivity contribution in [2.75, 3.05) is 7.11 Å². The van der Waals surface area contributed by atoms with Gasteiger partial charge in [0.15, 0.2) is 0 Å². The van der Waals surface area contributed by atoms with Crippen molar-refractivity contribution in [2.45, 2.75) is 6.42 Å². The Morgan fingerprint density at radius 2 is 2.55 bits per heavy atom. The number of ether oxygens (including phenoxy) is 1. The molecule has 0 aromatic carbocycles. The first-order valence-corrected chi connectivity index (χ1v) is 3.15. The van der Waals surface area contributed by atoms with E-state index in [1.807, 2.05) is 0 Å². The number of methoxy groups -OCH3 is 1. The molecule has 0 saturated carbocycles. The molecule has 1 aromatic heterocycles. The van der Waals surface area contributed by atoms with Gasteiger partial charge in [-0.05, 0) is 0 Å². The standard InChI is InChI=1S/C7H8N2O2/c1-11-7-6(2-3-10)4-8-5-9-7/h3-5H,2H2,1H3. The van der Waals surface area contributed by atoms with Crippen molar-refractivity contribution in [1.29, 1.82) is 0 Å². The molecule has 0 N–H and O–H groups in total. The molecule has 58 valence electrons. The van der Waals surface area contributed by atoms with Crippen LogP contribution in [-0.2, 0) is 11.2 Å². The average Bonchev–Trinajstić information content (AvgIpc) is 2.06. The Bertz CT molecular complexity index is 250. The first-order valence-electron chi connectivity index (χ1n) is 3.15. The SMILES string of the molecule is COc1ncncc1CC=O. The van der Waals surface area contributed by atoms with E-state index in [2.05, 4.69) is 9.97 Å². The van der Waals surface area contributed by atoms with E-state index in [1.165, 1.54) is 13.4 Å². The fraction of sp³-hybridized carbons (Fsp3) is 0.286. The zero-order valence-corrected chi connectivity index (χ0v) is 6.15. The van der Waals surface area contributed by atoms with Crippen LogP contribution in [0.15, 0.2) is 12.5 Å². The summed E-state index contributed by atoms with van der Waals surface area (Å²) < 4.78 is 4.89. The summed E-state index contributed by atoms with van der Waals surface area (Å²) in [6.07, 6.45) is 4.04. The van der Waals surface area contributed by atoms with Crippen molar-refractivity contribution in [3.8, 4) is 5.88 Å². The van der Waals surface area contributed by atoms with Crippen molar-refractivity contribution in [3.05, 3.63) is 18.1 Å². The van der Waals surface area contributed by atoms with Crippen LogP contribution in [-0.4, -0.2) is 23.4 Å². The molecule has 0 fully saturated rings. The van der Waals surface area contributed by atoms with Crippen molar-refractivity contribution in [3.63, 3.8) is 0 Å². The van der Waals surface area contributed by atoms with Crippen LogP contribution >= 0.6 is 0 Å². The lowest BCUT2D eigenvalue weighted by Crippen LogP contribution is -1.96. The minimum atomic E-state index is 0.296. The van der Waals surface area contributed by atoms with Crippen molar-refractivity contribution >= 4 is 6.29 Å². The summed E-state index contributed by atoms with van der Waals surface area (Å²) in [5.74, 6) is 0.465. The molecule has 0 aliphatic rings. The molecular formula is C7H8N2O2. The first-order chi connectivity index (χ1) is 5.38. The largest absolute Gasteiger partial charge is 0.481 e. The molecule has 0 atom stereocenters. The summed E-state index contributed by atoms with van der Waals surface area (Å²) in [6, 6.07) is 0. The Hall–Kier alpha value is -1.45. The zero-order chi connectivity index (χ0) is 8.10. The monoisotopic (exact) mass is 152 g/mol. The molecule has 1 heterocycles.